The molecule has 0 spiro atoms. The molecule has 284 valence electrons. The van der Waals surface area contributed by atoms with Crippen molar-refractivity contribution in [3.05, 3.63) is 106 Å². The minimum atomic E-state index is 0.452. The normalized spacial score (nSPS) is 13.9. The molecule has 0 aliphatic carbocycles. The smallest absolute Gasteiger partial charge is 0.135 e. The van der Waals surface area contributed by atoms with E-state index in [1.165, 1.54) is 0 Å². The maximum atomic E-state index is 6.99. The van der Waals surface area contributed by atoms with Gasteiger partial charge in [0.15, 0.2) is 0 Å². The number of ether oxygens (including phenoxy) is 6. The SMILES string of the molecule is COc1c2cc(C)cc1-c1cc(C)cc3c1OCCCOc1c-2cc(C)cc1-c1cc(C)cc2c1OCCCOc1c(cc(C)cc1-3)-c1cc(C)cc-2c1OC. The van der Waals surface area contributed by atoms with Crippen molar-refractivity contribution in [2.24, 2.45) is 0 Å². The van der Waals surface area contributed by atoms with Gasteiger partial charge in [-0.2, -0.15) is 0 Å². The number of hydrogen-bond donors (Lipinski definition) is 0. The Kier molecular flexibility index (Phi) is 8.95. The first kappa shape index (κ1) is 35.8. The Labute approximate surface area is 329 Å². The number of hydrogen-bond acceptors (Lipinski definition) is 6. The summed E-state index contributed by atoms with van der Waals surface area (Å²) in [5, 5.41) is 0. The van der Waals surface area contributed by atoms with Crippen LogP contribution in [-0.4, -0.2) is 40.6 Å². The number of benzene rings is 6. The average molecular weight is 745 g/mol. The summed E-state index contributed by atoms with van der Waals surface area (Å²) in [4.78, 5) is 0. The van der Waals surface area contributed by atoms with Crippen molar-refractivity contribution in [3.8, 4) is 101 Å². The second kappa shape index (κ2) is 14.0. The molecule has 6 aromatic rings. The highest BCUT2D eigenvalue weighted by atomic mass is 16.5. The first-order valence-corrected chi connectivity index (χ1v) is 19.6. The lowest BCUT2D eigenvalue weighted by Crippen LogP contribution is -2.12. The molecule has 56 heavy (non-hydrogen) atoms. The second-order valence-electron chi connectivity index (χ2n) is 15.6. The largest absolute Gasteiger partial charge is 0.495 e. The zero-order valence-electron chi connectivity index (χ0n) is 33.6. The van der Waals surface area contributed by atoms with Crippen molar-refractivity contribution in [2.45, 2.75) is 54.4 Å². The van der Waals surface area contributed by atoms with Crippen LogP contribution in [0.4, 0.5) is 0 Å². The summed E-state index contributed by atoms with van der Waals surface area (Å²) in [7, 11) is 3.52. The highest BCUT2D eigenvalue weighted by molar-refractivity contribution is 5.98. The van der Waals surface area contributed by atoms with Gasteiger partial charge in [0.1, 0.15) is 34.5 Å². The third-order valence-electron chi connectivity index (χ3n) is 11.1. The molecule has 0 saturated carbocycles. The predicted octanol–water partition coefficient (Wildman–Crippen LogP) is 12.2. The van der Waals surface area contributed by atoms with Crippen LogP contribution in [0.1, 0.15) is 46.2 Å². The van der Waals surface area contributed by atoms with E-state index in [4.69, 9.17) is 28.4 Å². The van der Waals surface area contributed by atoms with Gasteiger partial charge in [0.2, 0.25) is 0 Å². The van der Waals surface area contributed by atoms with Gasteiger partial charge in [0, 0.05) is 79.6 Å². The monoisotopic (exact) mass is 744 g/mol. The van der Waals surface area contributed by atoms with E-state index in [1.54, 1.807) is 14.2 Å². The molecule has 3 aliphatic rings. The van der Waals surface area contributed by atoms with Crippen LogP contribution in [0.25, 0.3) is 66.8 Å². The molecule has 0 fully saturated rings. The first-order valence-electron chi connectivity index (χ1n) is 19.6. The number of methoxy groups -OCH3 is 2. The van der Waals surface area contributed by atoms with Gasteiger partial charge >= 0.3 is 0 Å². The molecule has 9 rings (SSSR count). The van der Waals surface area contributed by atoms with E-state index in [0.29, 0.717) is 39.3 Å². The van der Waals surface area contributed by atoms with Gasteiger partial charge in [0.05, 0.1) is 40.6 Å². The van der Waals surface area contributed by atoms with E-state index in [9.17, 15) is 0 Å². The predicted molar refractivity (Wildman–Crippen MR) is 225 cm³/mol. The Morgan fingerprint density at radius 3 is 0.679 bits per heavy atom. The van der Waals surface area contributed by atoms with Crippen LogP contribution in [0.2, 0.25) is 0 Å². The molecule has 8 bridgehead atoms. The van der Waals surface area contributed by atoms with E-state index < -0.39 is 0 Å². The van der Waals surface area contributed by atoms with E-state index in [0.717, 1.165) is 135 Å². The lowest BCUT2D eigenvalue weighted by Gasteiger charge is -2.27. The lowest BCUT2D eigenvalue weighted by atomic mass is 9.85. The molecule has 0 atom stereocenters. The van der Waals surface area contributed by atoms with Crippen LogP contribution in [0.15, 0.2) is 72.8 Å². The van der Waals surface area contributed by atoms with Crippen molar-refractivity contribution in [1.82, 2.24) is 0 Å². The van der Waals surface area contributed by atoms with Gasteiger partial charge < -0.3 is 28.4 Å². The van der Waals surface area contributed by atoms with Crippen molar-refractivity contribution in [1.29, 1.82) is 0 Å². The van der Waals surface area contributed by atoms with Gasteiger partial charge in [-0.25, -0.2) is 0 Å². The second-order valence-corrected chi connectivity index (χ2v) is 15.6. The Morgan fingerprint density at radius 2 is 0.482 bits per heavy atom. The summed E-state index contributed by atoms with van der Waals surface area (Å²) in [6.07, 6.45) is 1.35. The van der Waals surface area contributed by atoms with Gasteiger partial charge in [-0.3, -0.25) is 0 Å². The quantitative estimate of drug-likeness (QED) is 0.176. The van der Waals surface area contributed by atoms with Gasteiger partial charge in [-0.1, -0.05) is 0 Å². The first-order chi connectivity index (χ1) is 27.1. The van der Waals surface area contributed by atoms with Crippen LogP contribution in [-0.2, 0) is 0 Å². The minimum Gasteiger partial charge on any atom is -0.495 e. The third kappa shape index (κ3) is 5.94. The molecule has 0 N–H and O–H groups in total. The fourth-order valence-corrected chi connectivity index (χ4v) is 8.92. The summed E-state index contributed by atoms with van der Waals surface area (Å²) in [5.74, 6) is 4.67. The molecule has 6 nitrogen and oxygen atoms in total. The van der Waals surface area contributed by atoms with Crippen molar-refractivity contribution in [2.75, 3.05) is 40.6 Å². The summed E-state index contributed by atoms with van der Waals surface area (Å²) >= 11 is 0. The number of rotatable bonds is 2. The van der Waals surface area contributed by atoms with E-state index >= 15 is 0 Å². The lowest BCUT2D eigenvalue weighted by molar-refractivity contribution is 0.245. The fourth-order valence-electron chi connectivity index (χ4n) is 8.92. The Bertz CT molecular complexity index is 2240. The molecule has 3 heterocycles. The summed E-state index contributed by atoms with van der Waals surface area (Å²) in [5.41, 5.74) is 18.2. The highest BCUT2D eigenvalue weighted by Crippen LogP contribution is 2.56. The average Bonchev–Trinajstić information content (AvgIpc) is 3.16. The van der Waals surface area contributed by atoms with Crippen LogP contribution >= 0.6 is 0 Å². The van der Waals surface area contributed by atoms with E-state index in [2.05, 4.69) is 114 Å². The molecule has 0 saturated heterocycles. The van der Waals surface area contributed by atoms with Crippen molar-refractivity contribution in [3.63, 3.8) is 0 Å². The van der Waals surface area contributed by atoms with Gasteiger partial charge in [-0.05, 0) is 148 Å². The minimum absolute atomic E-state index is 0.452. The van der Waals surface area contributed by atoms with Crippen LogP contribution in [0.5, 0.6) is 34.5 Å². The van der Waals surface area contributed by atoms with E-state index in [-0.39, 0.29) is 0 Å². The van der Waals surface area contributed by atoms with Gasteiger partial charge in [0.25, 0.3) is 0 Å². The zero-order chi connectivity index (χ0) is 38.8. The Morgan fingerprint density at radius 1 is 0.304 bits per heavy atom. The third-order valence-corrected chi connectivity index (χ3v) is 11.1. The van der Waals surface area contributed by atoms with Crippen LogP contribution < -0.4 is 28.4 Å². The molecule has 3 aliphatic heterocycles. The summed E-state index contributed by atoms with van der Waals surface area (Å²) in [6.45, 7) is 14.7. The Balaban J connectivity index is 1.57. The topological polar surface area (TPSA) is 55.4 Å². The molecule has 6 heteroatoms. The van der Waals surface area contributed by atoms with Crippen molar-refractivity contribution >= 4 is 0 Å². The molecule has 0 radical (unpaired) electrons. The molecule has 0 amide bonds. The summed E-state index contributed by atoms with van der Waals surface area (Å²) < 4.78 is 40.9. The number of aryl methyl sites for hydroxylation is 6. The zero-order valence-corrected chi connectivity index (χ0v) is 33.6. The van der Waals surface area contributed by atoms with E-state index in [1.807, 2.05) is 0 Å². The summed E-state index contributed by atoms with van der Waals surface area (Å²) in [6, 6.07) is 26.7. The maximum absolute atomic E-state index is 6.99. The molecule has 0 aromatic heterocycles. The molecular formula is C50H48O6. The fraction of sp³-hybridized carbons (Fsp3) is 0.280. The molecule has 6 aromatic carbocycles. The molecule has 0 unspecified atom stereocenters. The molecular weight excluding hydrogens is 697 g/mol. The van der Waals surface area contributed by atoms with Crippen molar-refractivity contribution < 1.29 is 28.4 Å². The highest BCUT2D eigenvalue weighted by Gasteiger charge is 2.30. The Hall–Kier alpha value is -5.88. The standard InChI is InChI=1S/C50H48O6/c1-27-15-33-37-19-29(3)23-41-43-25-31(5)21-39-35-17-28(2)18-36(46(35)52-8)40-22-32(6)26-44(50(40)56-14-10-13-55-49(39)43)42-24-30(4)20-38(34(16-27)45(33)51-7)48(42)54-12-9-11-53-47(37)41/h15-26H,9-14H2,1-8H3. The van der Waals surface area contributed by atoms with Gasteiger partial charge in [-0.15, -0.1) is 0 Å². The van der Waals surface area contributed by atoms with Crippen LogP contribution in [0.3, 0.4) is 0 Å². The van der Waals surface area contributed by atoms with Crippen LogP contribution in [0, 0.1) is 41.5 Å². The maximum Gasteiger partial charge on any atom is 0.135 e. The number of fused-ring (bicyclic) bond motifs is 18.